The van der Waals surface area contributed by atoms with Crippen molar-refractivity contribution in [2.45, 2.75) is 0 Å². The molecule has 0 fully saturated rings. The van der Waals surface area contributed by atoms with Gasteiger partial charge in [0.15, 0.2) is 6.29 Å². The summed E-state index contributed by atoms with van der Waals surface area (Å²) in [5, 5.41) is 0.817. The first kappa shape index (κ1) is 5.13. The highest BCUT2D eigenvalue weighted by atomic mass is 16.1. The first-order valence-electron chi connectivity index (χ1n) is 3.85. The molecule has 0 aliphatic rings. The average Bonchev–Trinajstić information content (AvgIpc) is 2.40. The summed E-state index contributed by atoms with van der Waals surface area (Å²) in [6.07, 6.45) is 0.896. The molecule has 1 aromatic carbocycles. The second kappa shape index (κ2) is 2.23. The van der Waals surface area contributed by atoms with Crippen LogP contribution in [0.25, 0.3) is 10.9 Å². The van der Waals surface area contributed by atoms with Crippen molar-refractivity contribution in [1.82, 2.24) is 4.98 Å². The summed E-state index contributed by atoms with van der Waals surface area (Å²) in [7, 11) is 0. The average molecular weight is 146 g/mol. The molecule has 0 aliphatic carbocycles. The summed E-state index contributed by atoms with van der Waals surface area (Å²) in [6.45, 7) is 0. The van der Waals surface area contributed by atoms with Gasteiger partial charge in [-0.3, -0.25) is 4.79 Å². The molecule has 0 saturated heterocycles. The van der Waals surface area contributed by atoms with Crippen LogP contribution in [-0.4, -0.2) is 11.3 Å². The number of benzene rings is 1. The van der Waals surface area contributed by atoms with E-state index >= 15 is 0 Å². The smallest absolute Gasteiger partial charge is 0.152 e. The molecule has 11 heavy (non-hydrogen) atoms. The summed E-state index contributed by atoms with van der Waals surface area (Å²) >= 11 is 0. The van der Waals surface area contributed by atoms with E-state index in [1.807, 2.05) is 24.3 Å². The van der Waals surface area contributed by atoms with E-state index in [-0.39, 0.29) is 6.17 Å². The molecule has 2 rings (SSSR count). The molecule has 0 aliphatic heterocycles. The SMILES string of the molecule is [2H]c1[nH]c2ccccc2c1C=O. The lowest BCUT2D eigenvalue weighted by molar-refractivity contribution is 0.112. The Kier molecular flexibility index (Phi) is 1.04. The molecule has 1 N–H and O–H groups in total. The number of carbonyl (C=O) groups excluding carboxylic acids is 1. The number of aldehydes is 1. The van der Waals surface area contributed by atoms with Gasteiger partial charge in [-0.15, -0.1) is 0 Å². The van der Waals surface area contributed by atoms with Gasteiger partial charge in [-0.05, 0) is 6.07 Å². The van der Waals surface area contributed by atoms with Gasteiger partial charge in [-0.1, -0.05) is 18.2 Å². The molecular weight excluding hydrogens is 138 g/mol. The predicted molar refractivity (Wildman–Crippen MR) is 43.7 cm³/mol. The van der Waals surface area contributed by atoms with Crippen LogP contribution in [0.4, 0.5) is 0 Å². The lowest BCUT2D eigenvalue weighted by Crippen LogP contribution is -1.72. The van der Waals surface area contributed by atoms with Crippen molar-refractivity contribution in [3.63, 3.8) is 0 Å². The van der Waals surface area contributed by atoms with Crippen LogP contribution in [0, 0.1) is 0 Å². The highest BCUT2D eigenvalue weighted by Gasteiger charge is 1.98. The molecule has 2 nitrogen and oxygen atoms in total. The number of carbonyl (C=O) groups is 1. The van der Waals surface area contributed by atoms with Gasteiger partial charge in [0.05, 0.1) is 1.37 Å². The van der Waals surface area contributed by atoms with Gasteiger partial charge < -0.3 is 4.98 Å². The molecule has 0 unspecified atom stereocenters. The van der Waals surface area contributed by atoms with E-state index in [1.54, 1.807) is 0 Å². The Bertz CT molecular complexity index is 433. The first-order chi connectivity index (χ1) is 5.83. The minimum absolute atomic E-state index is 0.186. The van der Waals surface area contributed by atoms with Crippen LogP contribution in [0.3, 0.4) is 0 Å². The highest BCUT2D eigenvalue weighted by Crippen LogP contribution is 2.14. The molecule has 1 aromatic heterocycles. The third-order valence-electron chi connectivity index (χ3n) is 1.67. The minimum atomic E-state index is 0.186. The number of fused-ring (bicyclic) bond motifs is 1. The summed E-state index contributed by atoms with van der Waals surface area (Å²) in [5.41, 5.74) is 1.27. The zero-order valence-corrected chi connectivity index (χ0v) is 5.79. The van der Waals surface area contributed by atoms with Crippen LogP contribution in [0.5, 0.6) is 0 Å². The van der Waals surface area contributed by atoms with Crippen LogP contribution in [-0.2, 0) is 0 Å². The molecule has 0 radical (unpaired) electrons. The van der Waals surface area contributed by atoms with E-state index in [0.717, 1.165) is 10.9 Å². The normalized spacial score (nSPS) is 11.5. The van der Waals surface area contributed by atoms with Crippen molar-refractivity contribution >= 4 is 17.2 Å². The van der Waals surface area contributed by atoms with Gasteiger partial charge in [0, 0.05) is 22.6 Å². The lowest BCUT2D eigenvalue weighted by Gasteiger charge is -1.86. The quantitative estimate of drug-likeness (QED) is 0.613. The standard InChI is InChI=1S/C9H7NO/c11-6-7-5-10-9-4-2-1-3-8(7)9/h1-6,10H/i5D. The maximum absolute atomic E-state index is 10.6. The monoisotopic (exact) mass is 146 g/mol. The number of para-hydroxylation sites is 1. The molecule has 0 bridgehead atoms. The van der Waals surface area contributed by atoms with Crippen molar-refractivity contribution < 1.29 is 6.17 Å². The van der Waals surface area contributed by atoms with Crippen molar-refractivity contribution in [3.05, 3.63) is 36.0 Å². The first-order valence-corrected chi connectivity index (χ1v) is 3.35. The summed E-state index contributed by atoms with van der Waals surface area (Å²) < 4.78 is 7.41. The van der Waals surface area contributed by atoms with Gasteiger partial charge in [-0.2, -0.15) is 0 Å². The molecule has 1 heterocycles. The van der Waals surface area contributed by atoms with E-state index in [0.29, 0.717) is 11.8 Å². The second-order valence-corrected chi connectivity index (χ2v) is 2.33. The maximum Gasteiger partial charge on any atom is 0.152 e. The molecule has 0 atom stereocenters. The van der Waals surface area contributed by atoms with Gasteiger partial charge >= 0.3 is 0 Å². The zero-order chi connectivity index (χ0) is 8.55. The Morgan fingerprint density at radius 3 is 3.09 bits per heavy atom. The summed E-state index contributed by atoms with van der Waals surface area (Å²) in [4.78, 5) is 13.4. The largest absolute Gasteiger partial charge is 0.360 e. The molecule has 54 valence electrons. The predicted octanol–water partition coefficient (Wildman–Crippen LogP) is 1.98. The van der Waals surface area contributed by atoms with Gasteiger partial charge in [0.25, 0.3) is 0 Å². The van der Waals surface area contributed by atoms with E-state index < -0.39 is 0 Å². The topological polar surface area (TPSA) is 32.9 Å². The highest BCUT2D eigenvalue weighted by molar-refractivity contribution is 5.96. The number of H-pyrrole nitrogens is 1. The Morgan fingerprint density at radius 2 is 2.27 bits per heavy atom. The number of aromatic nitrogens is 1. The number of hydrogen-bond acceptors (Lipinski definition) is 1. The molecule has 0 spiro atoms. The summed E-state index contributed by atoms with van der Waals surface area (Å²) in [5.74, 6) is 0. The van der Waals surface area contributed by atoms with E-state index in [1.165, 1.54) is 0 Å². The van der Waals surface area contributed by atoms with Gasteiger partial charge in [0.1, 0.15) is 0 Å². The maximum atomic E-state index is 10.6. The lowest BCUT2D eigenvalue weighted by atomic mass is 10.2. The van der Waals surface area contributed by atoms with Crippen molar-refractivity contribution in [2.75, 3.05) is 0 Å². The van der Waals surface area contributed by atoms with Crippen LogP contribution in [0.15, 0.2) is 30.4 Å². The van der Waals surface area contributed by atoms with Crippen molar-refractivity contribution in [2.24, 2.45) is 0 Å². The third kappa shape index (κ3) is 0.835. The fourth-order valence-corrected chi connectivity index (χ4v) is 1.12. The molecule has 0 saturated carbocycles. The summed E-state index contributed by atoms with van der Waals surface area (Å²) in [6, 6.07) is 7.39. The van der Waals surface area contributed by atoms with E-state index in [9.17, 15) is 4.79 Å². The van der Waals surface area contributed by atoms with Gasteiger partial charge in [0.2, 0.25) is 0 Å². The Labute approximate surface area is 65.3 Å². The van der Waals surface area contributed by atoms with Crippen molar-refractivity contribution in [1.29, 1.82) is 0 Å². The minimum Gasteiger partial charge on any atom is -0.360 e. The van der Waals surface area contributed by atoms with Gasteiger partial charge in [-0.25, -0.2) is 0 Å². The number of hydrogen-bond donors (Lipinski definition) is 1. The molecule has 0 amide bonds. The Morgan fingerprint density at radius 1 is 1.45 bits per heavy atom. The van der Waals surface area contributed by atoms with Crippen LogP contribution >= 0.6 is 0 Å². The fourth-order valence-electron chi connectivity index (χ4n) is 1.12. The van der Waals surface area contributed by atoms with E-state index in [2.05, 4.69) is 4.98 Å². The fraction of sp³-hybridized carbons (Fsp3) is 0. The Balaban J connectivity index is 2.90. The number of aromatic amines is 1. The molecule has 2 heteroatoms. The van der Waals surface area contributed by atoms with Crippen molar-refractivity contribution in [3.8, 4) is 0 Å². The van der Waals surface area contributed by atoms with Crippen LogP contribution in [0.1, 0.15) is 11.7 Å². The molecule has 2 aromatic rings. The van der Waals surface area contributed by atoms with E-state index in [4.69, 9.17) is 1.37 Å². The number of nitrogens with one attached hydrogen (secondary N) is 1. The van der Waals surface area contributed by atoms with Crippen LogP contribution < -0.4 is 0 Å². The zero-order valence-electron chi connectivity index (χ0n) is 6.79. The second-order valence-electron chi connectivity index (χ2n) is 2.33. The Hall–Kier alpha value is -1.57. The number of rotatable bonds is 1. The third-order valence-corrected chi connectivity index (χ3v) is 1.67. The van der Waals surface area contributed by atoms with Crippen LogP contribution in [0.2, 0.25) is 0 Å². The molecular formula is C9H7NO.